The molecule has 2 rings (SSSR count). The Kier molecular flexibility index (Phi) is 4.24. The molecule has 0 saturated heterocycles. The van der Waals surface area contributed by atoms with Crippen molar-refractivity contribution < 1.29 is 0 Å². The predicted molar refractivity (Wildman–Crippen MR) is 75.7 cm³/mol. The average Bonchev–Trinajstić information content (AvgIpc) is 2.78. The van der Waals surface area contributed by atoms with Crippen molar-refractivity contribution in [3.05, 3.63) is 16.1 Å². The first-order valence-corrected chi connectivity index (χ1v) is 7.93. The highest BCUT2D eigenvalue weighted by atomic mass is 32.1. The molecule has 1 saturated carbocycles. The Morgan fingerprint density at radius 3 is 2.59 bits per heavy atom. The number of thiazole rings is 1. The minimum atomic E-state index is 0.477. The summed E-state index contributed by atoms with van der Waals surface area (Å²) in [6.07, 6.45) is 11.6. The first kappa shape index (κ1) is 13.1. The van der Waals surface area contributed by atoms with Crippen LogP contribution in [0.3, 0.4) is 0 Å². The Morgan fingerprint density at radius 1 is 1.29 bits per heavy atom. The van der Waals surface area contributed by atoms with Crippen LogP contribution in [0, 0.1) is 5.92 Å². The second-order valence-corrected chi connectivity index (χ2v) is 7.03. The Labute approximate surface area is 110 Å². The van der Waals surface area contributed by atoms with Gasteiger partial charge in [0, 0.05) is 22.9 Å². The van der Waals surface area contributed by atoms with Gasteiger partial charge < -0.3 is 0 Å². The van der Waals surface area contributed by atoms with Gasteiger partial charge in [-0.05, 0) is 25.2 Å². The summed E-state index contributed by atoms with van der Waals surface area (Å²) in [5, 5.41) is 1.34. The largest absolute Gasteiger partial charge is 0.249 e. The van der Waals surface area contributed by atoms with E-state index in [1.165, 1.54) is 43.5 Å². The first-order valence-electron chi connectivity index (χ1n) is 7.11. The Morgan fingerprint density at radius 2 is 2.00 bits per heavy atom. The predicted octanol–water partition coefficient (Wildman–Crippen LogP) is 4.95. The molecule has 0 radical (unpaired) electrons. The van der Waals surface area contributed by atoms with Crippen LogP contribution in [0.1, 0.15) is 69.2 Å². The van der Waals surface area contributed by atoms with Crippen molar-refractivity contribution in [1.82, 2.24) is 4.98 Å². The third kappa shape index (κ3) is 2.90. The van der Waals surface area contributed by atoms with E-state index in [4.69, 9.17) is 0 Å². The third-order valence-corrected chi connectivity index (χ3v) is 5.41. The minimum absolute atomic E-state index is 0.477. The Bertz CT molecular complexity index is 348. The van der Waals surface area contributed by atoms with Crippen LogP contribution in [-0.2, 0) is 11.8 Å². The summed E-state index contributed by atoms with van der Waals surface area (Å²) in [5.41, 5.74) is 0.477. The molecular formula is C15H25NS. The van der Waals surface area contributed by atoms with Crippen LogP contribution in [0.2, 0.25) is 0 Å². The van der Waals surface area contributed by atoms with Gasteiger partial charge >= 0.3 is 0 Å². The fourth-order valence-corrected chi connectivity index (χ4v) is 4.45. The zero-order valence-electron chi connectivity index (χ0n) is 11.5. The molecule has 1 fully saturated rings. The number of rotatable bonds is 4. The molecule has 0 spiro atoms. The number of hydrogen-bond donors (Lipinski definition) is 0. The standard InChI is InChI=1S/C15H25NS/c1-4-15(8-6-5-7-9-15)13-11-16-14(17-13)10-12(2)3/h11-12H,4-10H2,1-3H3. The first-order chi connectivity index (χ1) is 8.16. The van der Waals surface area contributed by atoms with Gasteiger partial charge in [-0.1, -0.05) is 40.0 Å². The summed E-state index contributed by atoms with van der Waals surface area (Å²) < 4.78 is 0. The maximum absolute atomic E-state index is 4.64. The van der Waals surface area contributed by atoms with Crippen molar-refractivity contribution in [2.24, 2.45) is 5.92 Å². The molecule has 1 aromatic rings. The van der Waals surface area contributed by atoms with Gasteiger partial charge in [0.05, 0.1) is 5.01 Å². The molecule has 0 aromatic carbocycles. The summed E-state index contributed by atoms with van der Waals surface area (Å²) in [7, 11) is 0. The molecule has 1 aliphatic rings. The maximum atomic E-state index is 4.64. The lowest BCUT2D eigenvalue weighted by molar-refractivity contribution is 0.288. The van der Waals surface area contributed by atoms with Crippen LogP contribution in [0.15, 0.2) is 6.20 Å². The molecule has 1 heterocycles. The van der Waals surface area contributed by atoms with E-state index < -0.39 is 0 Å². The van der Waals surface area contributed by atoms with Gasteiger partial charge in [-0.2, -0.15) is 0 Å². The van der Waals surface area contributed by atoms with E-state index in [9.17, 15) is 0 Å². The Hall–Kier alpha value is -0.370. The summed E-state index contributed by atoms with van der Waals surface area (Å²) in [6.45, 7) is 6.90. The quantitative estimate of drug-likeness (QED) is 0.737. The van der Waals surface area contributed by atoms with Crippen molar-refractivity contribution in [1.29, 1.82) is 0 Å². The summed E-state index contributed by atoms with van der Waals surface area (Å²) in [6, 6.07) is 0. The van der Waals surface area contributed by atoms with Crippen molar-refractivity contribution in [2.45, 2.75) is 71.1 Å². The molecule has 2 heteroatoms. The van der Waals surface area contributed by atoms with Crippen LogP contribution in [0.5, 0.6) is 0 Å². The third-order valence-electron chi connectivity index (χ3n) is 4.15. The van der Waals surface area contributed by atoms with E-state index in [-0.39, 0.29) is 0 Å². The number of hydrogen-bond acceptors (Lipinski definition) is 2. The summed E-state index contributed by atoms with van der Waals surface area (Å²) >= 11 is 1.98. The van der Waals surface area contributed by atoms with E-state index in [1.54, 1.807) is 4.88 Å². The van der Waals surface area contributed by atoms with Gasteiger partial charge in [-0.3, -0.25) is 0 Å². The van der Waals surface area contributed by atoms with E-state index >= 15 is 0 Å². The van der Waals surface area contributed by atoms with Gasteiger partial charge in [0.25, 0.3) is 0 Å². The van der Waals surface area contributed by atoms with Gasteiger partial charge in [0.1, 0.15) is 0 Å². The second-order valence-electron chi connectivity index (χ2n) is 5.91. The SMILES string of the molecule is CCC1(c2cnc(CC(C)C)s2)CCCCC1. The van der Waals surface area contributed by atoms with E-state index in [1.807, 2.05) is 11.3 Å². The lowest BCUT2D eigenvalue weighted by atomic mass is 9.71. The van der Waals surface area contributed by atoms with E-state index in [0.717, 1.165) is 12.3 Å². The highest BCUT2D eigenvalue weighted by Gasteiger charge is 2.33. The second kappa shape index (κ2) is 5.51. The molecule has 0 N–H and O–H groups in total. The van der Waals surface area contributed by atoms with Crippen LogP contribution in [-0.4, -0.2) is 4.98 Å². The maximum Gasteiger partial charge on any atom is 0.0930 e. The summed E-state index contributed by atoms with van der Waals surface area (Å²) in [5.74, 6) is 0.720. The molecule has 0 amide bonds. The smallest absolute Gasteiger partial charge is 0.0930 e. The fraction of sp³-hybridized carbons (Fsp3) is 0.800. The van der Waals surface area contributed by atoms with Crippen LogP contribution in [0.25, 0.3) is 0 Å². The monoisotopic (exact) mass is 251 g/mol. The molecule has 0 bridgehead atoms. The van der Waals surface area contributed by atoms with E-state index in [0.29, 0.717) is 5.41 Å². The van der Waals surface area contributed by atoms with Gasteiger partial charge in [-0.25, -0.2) is 4.98 Å². The van der Waals surface area contributed by atoms with Gasteiger partial charge in [0.15, 0.2) is 0 Å². The lowest BCUT2D eigenvalue weighted by Gasteiger charge is -2.35. The highest BCUT2D eigenvalue weighted by Crippen LogP contribution is 2.44. The molecule has 96 valence electrons. The fourth-order valence-electron chi connectivity index (χ4n) is 3.00. The highest BCUT2D eigenvalue weighted by molar-refractivity contribution is 7.11. The normalized spacial score (nSPS) is 19.8. The van der Waals surface area contributed by atoms with Crippen molar-refractivity contribution in [3.8, 4) is 0 Å². The topological polar surface area (TPSA) is 12.9 Å². The molecule has 1 nitrogen and oxygen atoms in total. The zero-order chi connectivity index (χ0) is 12.3. The molecule has 0 atom stereocenters. The molecule has 0 unspecified atom stereocenters. The molecular weight excluding hydrogens is 226 g/mol. The molecule has 0 aliphatic heterocycles. The van der Waals surface area contributed by atoms with Crippen molar-refractivity contribution in [2.75, 3.05) is 0 Å². The van der Waals surface area contributed by atoms with E-state index in [2.05, 4.69) is 32.0 Å². The Balaban J connectivity index is 2.16. The van der Waals surface area contributed by atoms with Crippen LogP contribution in [0.4, 0.5) is 0 Å². The molecule has 17 heavy (non-hydrogen) atoms. The van der Waals surface area contributed by atoms with Gasteiger partial charge in [0.2, 0.25) is 0 Å². The van der Waals surface area contributed by atoms with Crippen molar-refractivity contribution in [3.63, 3.8) is 0 Å². The number of aromatic nitrogens is 1. The number of nitrogens with zero attached hydrogens (tertiary/aromatic N) is 1. The minimum Gasteiger partial charge on any atom is -0.249 e. The molecule has 1 aromatic heterocycles. The van der Waals surface area contributed by atoms with Gasteiger partial charge in [-0.15, -0.1) is 11.3 Å². The van der Waals surface area contributed by atoms with Crippen LogP contribution < -0.4 is 0 Å². The van der Waals surface area contributed by atoms with Crippen molar-refractivity contribution >= 4 is 11.3 Å². The average molecular weight is 251 g/mol. The lowest BCUT2D eigenvalue weighted by Crippen LogP contribution is -2.26. The van der Waals surface area contributed by atoms with Crippen LogP contribution >= 0.6 is 11.3 Å². The summed E-state index contributed by atoms with van der Waals surface area (Å²) in [4.78, 5) is 6.21. The zero-order valence-corrected chi connectivity index (χ0v) is 12.3. The molecule has 1 aliphatic carbocycles.